The van der Waals surface area contributed by atoms with Gasteiger partial charge >= 0.3 is 5.97 Å². The highest BCUT2D eigenvalue weighted by Gasteiger charge is 2.23. The molecule has 0 fully saturated rings. The molecule has 1 aliphatic rings. The number of carboxylic acid groups (broad SMARTS) is 1. The number of carboxylic acids is 1. The molecular weight excluding hydrogens is 578 g/mol. The number of nitrogens with zero attached hydrogens (tertiary/aromatic N) is 3. The number of ether oxygens (including phenoxy) is 4. The van der Waals surface area contributed by atoms with Gasteiger partial charge in [0.25, 0.3) is 5.56 Å². The van der Waals surface area contributed by atoms with E-state index < -0.39 is 18.6 Å². The van der Waals surface area contributed by atoms with Crippen molar-refractivity contribution in [1.29, 1.82) is 5.26 Å². The van der Waals surface area contributed by atoms with Crippen molar-refractivity contribution in [1.82, 2.24) is 9.47 Å². The van der Waals surface area contributed by atoms with E-state index in [4.69, 9.17) is 18.9 Å². The summed E-state index contributed by atoms with van der Waals surface area (Å²) in [6, 6.07) is 20.4. The molecule has 0 saturated heterocycles. The molecular formula is C34H33N3O8. The molecule has 0 amide bonds. The third-order valence-electron chi connectivity index (χ3n) is 7.43. The zero-order valence-electron chi connectivity index (χ0n) is 24.9. The van der Waals surface area contributed by atoms with Crippen LogP contribution in [-0.4, -0.2) is 58.6 Å². The minimum Gasteiger partial charge on any atom is -0.488 e. The summed E-state index contributed by atoms with van der Waals surface area (Å²) >= 11 is 0. The van der Waals surface area contributed by atoms with Crippen molar-refractivity contribution >= 4 is 5.97 Å². The second-order valence-electron chi connectivity index (χ2n) is 10.6. The minimum absolute atomic E-state index is 0.0143. The Morgan fingerprint density at radius 2 is 1.78 bits per heavy atom. The first-order chi connectivity index (χ1) is 21.8. The molecule has 1 aliphatic heterocycles. The molecule has 5 rings (SSSR count). The molecule has 0 saturated carbocycles. The molecule has 0 bridgehead atoms. The summed E-state index contributed by atoms with van der Waals surface area (Å²) in [4.78, 5) is 26.6. The van der Waals surface area contributed by atoms with Crippen LogP contribution in [0.3, 0.4) is 0 Å². The van der Waals surface area contributed by atoms with Gasteiger partial charge in [-0.1, -0.05) is 12.1 Å². The van der Waals surface area contributed by atoms with E-state index in [1.807, 2.05) is 19.1 Å². The second-order valence-corrected chi connectivity index (χ2v) is 10.6. The molecule has 2 N–H and O–H groups in total. The molecule has 0 aliphatic carbocycles. The number of nitriles is 1. The summed E-state index contributed by atoms with van der Waals surface area (Å²) in [5.41, 5.74) is 3.52. The van der Waals surface area contributed by atoms with Crippen molar-refractivity contribution in [3.63, 3.8) is 0 Å². The van der Waals surface area contributed by atoms with Crippen molar-refractivity contribution in [3.8, 4) is 34.8 Å². The van der Waals surface area contributed by atoms with Crippen LogP contribution in [0, 0.1) is 18.3 Å². The zero-order chi connectivity index (χ0) is 31.9. The van der Waals surface area contributed by atoms with E-state index in [0.29, 0.717) is 58.6 Å². The lowest BCUT2D eigenvalue weighted by atomic mass is 10.1. The van der Waals surface area contributed by atoms with Gasteiger partial charge in [-0.2, -0.15) is 5.26 Å². The highest BCUT2D eigenvalue weighted by Crippen LogP contribution is 2.33. The number of aliphatic carboxylic acids is 1. The van der Waals surface area contributed by atoms with Gasteiger partial charge in [0.15, 0.2) is 11.5 Å². The van der Waals surface area contributed by atoms with E-state index in [1.54, 1.807) is 67.8 Å². The third kappa shape index (κ3) is 7.26. The molecule has 2 heterocycles. The largest absolute Gasteiger partial charge is 0.488 e. The van der Waals surface area contributed by atoms with Crippen LogP contribution in [-0.2, 0) is 24.6 Å². The predicted octanol–water partition coefficient (Wildman–Crippen LogP) is 3.82. The van der Waals surface area contributed by atoms with E-state index >= 15 is 0 Å². The molecule has 0 radical (unpaired) electrons. The molecule has 0 unspecified atom stereocenters. The SMILES string of the molecule is Cc1cc(CN(C)[C@@H](CO)C(=O)O)c(OCc2cccc(C#N)c2)cc1OCc1cccn(-c2ccc3c(c2)OCCO3)c1=O. The number of carbonyl (C=O) groups is 1. The fraction of sp³-hybridized carbons (Fsp3) is 0.265. The van der Waals surface area contributed by atoms with Crippen molar-refractivity contribution in [2.45, 2.75) is 32.7 Å². The number of benzene rings is 3. The number of aliphatic hydroxyl groups excluding tert-OH is 1. The molecule has 1 aromatic heterocycles. The van der Waals surface area contributed by atoms with E-state index in [2.05, 4.69) is 6.07 Å². The number of rotatable bonds is 12. The molecule has 0 spiro atoms. The van der Waals surface area contributed by atoms with Crippen molar-refractivity contribution in [2.75, 3.05) is 26.9 Å². The van der Waals surface area contributed by atoms with Gasteiger partial charge in [-0.05, 0) is 67.6 Å². The van der Waals surface area contributed by atoms with Crippen LogP contribution in [0.25, 0.3) is 5.69 Å². The number of aliphatic hydroxyl groups is 1. The zero-order valence-corrected chi connectivity index (χ0v) is 24.9. The van der Waals surface area contributed by atoms with E-state index in [-0.39, 0.29) is 25.3 Å². The normalized spacial score (nSPS) is 12.8. The van der Waals surface area contributed by atoms with Gasteiger partial charge in [-0.15, -0.1) is 0 Å². The predicted molar refractivity (Wildman–Crippen MR) is 164 cm³/mol. The average molecular weight is 612 g/mol. The maximum Gasteiger partial charge on any atom is 0.323 e. The molecule has 11 nitrogen and oxygen atoms in total. The quantitative estimate of drug-likeness (QED) is 0.243. The molecule has 45 heavy (non-hydrogen) atoms. The van der Waals surface area contributed by atoms with Crippen LogP contribution in [0.1, 0.15) is 27.8 Å². The van der Waals surface area contributed by atoms with Gasteiger partial charge in [0, 0.05) is 30.4 Å². The third-order valence-corrected chi connectivity index (χ3v) is 7.43. The maximum absolute atomic E-state index is 13.4. The Hall–Kier alpha value is -5.31. The average Bonchev–Trinajstić information content (AvgIpc) is 3.04. The Balaban J connectivity index is 1.40. The Labute approximate surface area is 260 Å². The number of pyridine rings is 1. The summed E-state index contributed by atoms with van der Waals surface area (Å²) < 4.78 is 25.1. The molecule has 3 aromatic carbocycles. The van der Waals surface area contributed by atoms with Gasteiger partial charge in [-0.3, -0.25) is 19.1 Å². The molecule has 11 heteroatoms. The van der Waals surface area contributed by atoms with Gasteiger partial charge in [0.1, 0.15) is 44.0 Å². The Morgan fingerprint density at radius 1 is 1.00 bits per heavy atom. The number of fused-ring (bicyclic) bond motifs is 1. The molecule has 4 aromatic rings. The van der Waals surface area contributed by atoms with Crippen LogP contribution in [0.5, 0.6) is 23.0 Å². The van der Waals surface area contributed by atoms with Gasteiger partial charge in [0.2, 0.25) is 0 Å². The highest BCUT2D eigenvalue weighted by molar-refractivity contribution is 5.73. The monoisotopic (exact) mass is 611 g/mol. The van der Waals surface area contributed by atoms with Gasteiger partial charge in [-0.25, -0.2) is 0 Å². The molecule has 1 atom stereocenters. The first-order valence-electron chi connectivity index (χ1n) is 14.3. The van der Waals surface area contributed by atoms with E-state index in [0.717, 1.165) is 11.1 Å². The maximum atomic E-state index is 13.4. The lowest BCUT2D eigenvalue weighted by Gasteiger charge is -2.25. The summed E-state index contributed by atoms with van der Waals surface area (Å²) in [6.07, 6.45) is 1.68. The van der Waals surface area contributed by atoms with Crippen molar-refractivity contribution < 1.29 is 34.0 Å². The lowest BCUT2D eigenvalue weighted by Crippen LogP contribution is -2.40. The van der Waals surface area contributed by atoms with E-state index in [9.17, 15) is 25.1 Å². The summed E-state index contributed by atoms with van der Waals surface area (Å²) in [6.45, 7) is 2.51. The number of hydrogen-bond donors (Lipinski definition) is 2. The van der Waals surface area contributed by atoms with Crippen molar-refractivity contribution in [3.05, 3.63) is 111 Å². The fourth-order valence-electron chi connectivity index (χ4n) is 5.01. The fourth-order valence-corrected chi connectivity index (χ4v) is 5.01. The van der Waals surface area contributed by atoms with Crippen LogP contribution in [0.4, 0.5) is 0 Å². The smallest absolute Gasteiger partial charge is 0.323 e. The van der Waals surface area contributed by atoms with Crippen LogP contribution in [0.2, 0.25) is 0 Å². The number of hydrogen-bond acceptors (Lipinski definition) is 9. The topological polar surface area (TPSA) is 143 Å². The lowest BCUT2D eigenvalue weighted by molar-refractivity contribution is -0.144. The number of aryl methyl sites for hydroxylation is 1. The Bertz CT molecular complexity index is 1800. The Kier molecular flexibility index (Phi) is 9.67. The van der Waals surface area contributed by atoms with Gasteiger partial charge < -0.3 is 29.2 Å². The number of aromatic nitrogens is 1. The standard InChI is InChI=1S/C34H33N3O8/c1-22-13-26(18-36(2)28(19-38)34(40)41)31(44-20-24-6-3-5-23(14-24)17-35)16-30(22)45-21-25-7-4-10-37(33(25)39)27-8-9-29-32(15-27)43-12-11-42-29/h3-10,13-16,28,38H,11-12,18-21H2,1-2H3,(H,40,41)/t28-/m0/s1. The van der Waals surface area contributed by atoms with Gasteiger partial charge in [0.05, 0.1) is 29.5 Å². The van der Waals surface area contributed by atoms with E-state index in [1.165, 1.54) is 9.47 Å². The molecule has 232 valence electrons. The van der Waals surface area contributed by atoms with Crippen molar-refractivity contribution in [2.24, 2.45) is 0 Å². The summed E-state index contributed by atoms with van der Waals surface area (Å²) in [5, 5.41) is 28.4. The first-order valence-corrected chi connectivity index (χ1v) is 14.3. The van der Waals surface area contributed by atoms with Crippen LogP contribution in [0.15, 0.2) is 77.7 Å². The Morgan fingerprint density at radius 3 is 2.53 bits per heavy atom. The van der Waals surface area contributed by atoms with Crippen LogP contribution >= 0.6 is 0 Å². The minimum atomic E-state index is -1.14. The number of likely N-dealkylation sites (N-methyl/N-ethyl adjacent to an activating group) is 1. The summed E-state index contributed by atoms with van der Waals surface area (Å²) in [5.74, 6) is 0.988. The summed E-state index contributed by atoms with van der Waals surface area (Å²) in [7, 11) is 1.61. The second kappa shape index (κ2) is 14.0. The van der Waals surface area contributed by atoms with Crippen LogP contribution < -0.4 is 24.5 Å². The highest BCUT2D eigenvalue weighted by atomic mass is 16.6. The first kappa shape index (κ1) is 31.1.